The molecule has 0 saturated carbocycles. The summed E-state index contributed by atoms with van der Waals surface area (Å²) in [6, 6.07) is 6.10. The lowest BCUT2D eigenvalue weighted by Crippen LogP contribution is -2.26. The Morgan fingerprint density at radius 3 is 2.61 bits per heavy atom. The van der Waals surface area contributed by atoms with Crippen molar-refractivity contribution >= 4 is 33.0 Å². The zero-order chi connectivity index (χ0) is 20.7. The molecule has 0 fully saturated rings. The summed E-state index contributed by atoms with van der Waals surface area (Å²) < 4.78 is 28.5. The minimum Gasteiger partial charge on any atom is -0.495 e. The molecule has 2 aromatic rings. The molecule has 3 rings (SSSR count). The first-order chi connectivity index (χ1) is 13.0. The maximum Gasteiger partial charge on any atom is 0.265 e. The van der Waals surface area contributed by atoms with Crippen molar-refractivity contribution in [3.05, 3.63) is 39.6 Å². The van der Waals surface area contributed by atoms with E-state index in [2.05, 4.69) is 26.1 Å². The van der Waals surface area contributed by atoms with Gasteiger partial charge in [0.25, 0.3) is 5.91 Å². The number of anilines is 1. The van der Waals surface area contributed by atoms with Crippen LogP contribution < -0.4 is 15.2 Å². The SMILES string of the molecule is COc1ccc(S(N)(=O)=O)cc1NC(=O)c1cc2c(s1)CCC(C(C)(C)C)C2. The summed E-state index contributed by atoms with van der Waals surface area (Å²) in [5.41, 5.74) is 1.76. The fourth-order valence-electron chi connectivity index (χ4n) is 3.52. The van der Waals surface area contributed by atoms with Gasteiger partial charge >= 0.3 is 0 Å². The Hall–Kier alpha value is -1.90. The number of ether oxygens (including phenoxy) is 1. The highest BCUT2D eigenvalue weighted by Gasteiger charge is 2.30. The van der Waals surface area contributed by atoms with E-state index in [9.17, 15) is 13.2 Å². The van der Waals surface area contributed by atoms with Crippen molar-refractivity contribution in [2.24, 2.45) is 16.5 Å². The molecule has 1 aromatic carbocycles. The van der Waals surface area contributed by atoms with Gasteiger partial charge in [-0.3, -0.25) is 4.79 Å². The van der Waals surface area contributed by atoms with Gasteiger partial charge in [-0.2, -0.15) is 0 Å². The summed E-state index contributed by atoms with van der Waals surface area (Å²) in [6.45, 7) is 6.77. The van der Waals surface area contributed by atoms with E-state index in [-0.39, 0.29) is 21.9 Å². The molecule has 0 aliphatic heterocycles. The van der Waals surface area contributed by atoms with E-state index in [0.29, 0.717) is 16.5 Å². The summed E-state index contributed by atoms with van der Waals surface area (Å²) in [5, 5.41) is 7.96. The highest BCUT2D eigenvalue weighted by atomic mass is 32.2. The van der Waals surface area contributed by atoms with Crippen molar-refractivity contribution in [2.75, 3.05) is 12.4 Å². The van der Waals surface area contributed by atoms with Crippen LogP contribution in [0.1, 0.15) is 47.3 Å². The molecule has 8 heteroatoms. The number of methoxy groups -OCH3 is 1. The highest BCUT2D eigenvalue weighted by molar-refractivity contribution is 7.89. The normalized spacial score (nSPS) is 17.1. The second kappa shape index (κ2) is 7.50. The van der Waals surface area contributed by atoms with Crippen LogP contribution in [0.3, 0.4) is 0 Å². The number of aryl methyl sites for hydroxylation is 1. The highest BCUT2D eigenvalue weighted by Crippen LogP contribution is 2.40. The van der Waals surface area contributed by atoms with E-state index in [1.54, 1.807) is 0 Å². The topological polar surface area (TPSA) is 98.5 Å². The number of carbonyl (C=O) groups is 1. The second-order valence-electron chi connectivity index (χ2n) is 8.23. The number of hydrogen-bond acceptors (Lipinski definition) is 5. The van der Waals surface area contributed by atoms with E-state index in [1.165, 1.54) is 47.1 Å². The monoisotopic (exact) mass is 422 g/mol. The quantitative estimate of drug-likeness (QED) is 0.783. The zero-order valence-electron chi connectivity index (χ0n) is 16.5. The number of fused-ring (bicyclic) bond motifs is 1. The van der Waals surface area contributed by atoms with Crippen molar-refractivity contribution in [1.29, 1.82) is 0 Å². The van der Waals surface area contributed by atoms with E-state index in [0.717, 1.165) is 19.3 Å². The smallest absolute Gasteiger partial charge is 0.265 e. The number of primary sulfonamides is 1. The lowest BCUT2D eigenvalue weighted by Gasteiger charge is -2.33. The summed E-state index contributed by atoms with van der Waals surface area (Å²) in [4.78, 5) is 14.6. The Kier molecular flexibility index (Phi) is 5.58. The Balaban J connectivity index is 1.84. The van der Waals surface area contributed by atoms with Crippen LogP contribution in [-0.4, -0.2) is 21.4 Å². The van der Waals surface area contributed by atoms with Gasteiger partial charge in [0.1, 0.15) is 5.75 Å². The number of sulfonamides is 1. The molecule has 28 heavy (non-hydrogen) atoms. The summed E-state index contributed by atoms with van der Waals surface area (Å²) in [7, 11) is -2.42. The molecule has 1 heterocycles. The van der Waals surface area contributed by atoms with Crippen LogP contribution in [0, 0.1) is 11.3 Å². The molecule has 152 valence electrons. The van der Waals surface area contributed by atoms with Gasteiger partial charge < -0.3 is 10.1 Å². The molecular formula is C20H26N2O4S2. The van der Waals surface area contributed by atoms with E-state index in [4.69, 9.17) is 9.88 Å². The van der Waals surface area contributed by atoms with Crippen molar-refractivity contribution in [3.8, 4) is 5.75 Å². The third-order valence-electron chi connectivity index (χ3n) is 5.28. The zero-order valence-corrected chi connectivity index (χ0v) is 18.2. The van der Waals surface area contributed by atoms with Crippen molar-refractivity contribution < 1.29 is 17.9 Å². The first kappa shape index (κ1) is 20.8. The van der Waals surface area contributed by atoms with Crippen LogP contribution in [0.15, 0.2) is 29.2 Å². The summed E-state index contributed by atoms with van der Waals surface area (Å²) in [6.07, 6.45) is 3.09. The van der Waals surface area contributed by atoms with Crippen molar-refractivity contribution in [2.45, 2.75) is 44.9 Å². The lowest BCUT2D eigenvalue weighted by molar-refractivity contribution is 0.103. The van der Waals surface area contributed by atoms with Crippen LogP contribution in [0.2, 0.25) is 0 Å². The molecular weight excluding hydrogens is 396 g/mol. The Bertz CT molecular complexity index is 1000. The molecule has 1 amide bonds. The first-order valence-electron chi connectivity index (χ1n) is 9.13. The molecule has 0 bridgehead atoms. The number of rotatable bonds is 4. The lowest BCUT2D eigenvalue weighted by atomic mass is 9.72. The Morgan fingerprint density at radius 1 is 1.29 bits per heavy atom. The van der Waals surface area contributed by atoms with Gasteiger partial charge in [0, 0.05) is 4.88 Å². The largest absolute Gasteiger partial charge is 0.495 e. The molecule has 6 nitrogen and oxygen atoms in total. The van der Waals surface area contributed by atoms with Gasteiger partial charge in [0.2, 0.25) is 10.0 Å². The Labute approximate surface area is 170 Å². The minimum absolute atomic E-state index is 0.0814. The van der Waals surface area contributed by atoms with Gasteiger partial charge in [-0.05, 0) is 60.4 Å². The number of thiophene rings is 1. The fraction of sp³-hybridized carbons (Fsp3) is 0.450. The average Bonchev–Trinajstić information content (AvgIpc) is 3.03. The second-order valence-corrected chi connectivity index (χ2v) is 10.9. The van der Waals surface area contributed by atoms with Crippen LogP contribution in [0.25, 0.3) is 0 Å². The first-order valence-corrected chi connectivity index (χ1v) is 11.5. The van der Waals surface area contributed by atoms with Crippen LogP contribution in [0.4, 0.5) is 5.69 Å². The number of nitrogens with one attached hydrogen (secondary N) is 1. The minimum atomic E-state index is -3.88. The maximum atomic E-state index is 12.8. The number of nitrogens with two attached hydrogens (primary N) is 1. The third-order valence-corrected chi connectivity index (χ3v) is 7.43. The van der Waals surface area contributed by atoms with Crippen LogP contribution in [0.5, 0.6) is 5.75 Å². The summed E-state index contributed by atoms with van der Waals surface area (Å²) in [5.74, 6) is 0.684. The summed E-state index contributed by atoms with van der Waals surface area (Å²) >= 11 is 1.50. The van der Waals surface area contributed by atoms with Crippen LogP contribution >= 0.6 is 11.3 Å². The van der Waals surface area contributed by atoms with Gasteiger partial charge in [-0.15, -0.1) is 11.3 Å². The number of hydrogen-bond donors (Lipinski definition) is 2. The third kappa shape index (κ3) is 4.39. The van der Waals surface area contributed by atoms with Crippen molar-refractivity contribution in [3.63, 3.8) is 0 Å². The van der Waals surface area contributed by atoms with E-state index < -0.39 is 10.0 Å². The standard InChI is InChI=1S/C20H26N2O4S2/c1-20(2,3)13-5-8-17-12(9-13)10-18(27-17)19(23)22-15-11-14(28(21,24)25)6-7-16(15)26-4/h6-7,10-11,13H,5,8-9H2,1-4H3,(H,22,23)(H2,21,24,25). The molecule has 3 N–H and O–H groups in total. The van der Waals surface area contributed by atoms with Crippen LogP contribution in [-0.2, 0) is 22.9 Å². The van der Waals surface area contributed by atoms with Crippen molar-refractivity contribution in [1.82, 2.24) is 0 Å². The van der Waals surface area contributed by atoms with Gasteiger partial charge in [-0.1, -0.05) is 20.8 Å². The molecule has 0 radical (unpaired) electrons. The van der Waals surface area contributed by atoms with Gasteiger partial charge in [0.15, 0.2) is 0 Å². The molecule has 1 atom stereocenters. The van der Waals surface area contributed by atoms with Gasteiger partial charge in [-0.25, -0.2) is 13.6 Å². The predicted octanol–water partition coefficient (Wildman–Crippen LogP) is 3.81. The molecule has 0 saturated heterocycles. The fourth-order valence-corrected chi connectivity index (χ4v) is 5.16. The molecule has 1 unspecified atom stereocenters. The number of benzene rings is 1. The Morgan fingerprint density at radius 2 is 2.00 bits per heavy atom. The number of amides is 1. The van der Waals surface area contributed by atoms with E-state index >= 15 is 0 Å². The van der Waals surface area contributed by atoms with E-state index in [1.807, 2.05) is 6.07 Å². The molecule has 1 aromatic heterocycles. The average molecular weight is 423 g/mol. The molecule has 1 aliphatic carbocycles. The number of carbonyl (C=O) groups excluding carboxylic acids is 1. The molecule has 1 aliphatic rings. The maximum absolute atomic E-state index is 12.8. The molecule has 0 spiro atoms. The van der Waals surface area contributed by atoms with Gasteiger partial charge in [0.05, 0.1) is 22.6 Å². The predicted molar refractivity (Wildman–Crippen MR) is 112 cm³/mol.